The fourth-order valence-corrected chi connectivity index (χ4v) is 2.54. The van der Waals surface area contributed by atoms with E-state index in [0.717, 1.165) is 25.1 Å². The van der Waals surface area contributed by atoms with E-state index in [1.165, 1.54) is 12.8 Å². The number of halogens is 2. The molecule has 2 rings (SSSR count). The molecule has 2 atom stereocenters. The van der Waals surface area contributed by atoms with Gasteiger partial charge in [0.1, 0.15) is 0 Å². The van der Waals surface area contributed by atoms with Crippen LogP contribution in [0.2, 0.25) is 10.0 Å². The van der Waals surface area contributed by atoms with Gasteiger partial charge in [-0.1, -0.05) is 29.3 Å². The topological polar surface area (TPSA) is 21.3 Å². The van der Waals surface area contributed by atoms with Crippen molar-refractivity contribution in [1.29, 1.82) is 0 Å². The molecule has 1 fully saturated rings. The van der Waals surface area contributed by atoms with Crippen molar-refractivity contribution in [3.05, 3.63) is 33.8 Å². The second-order valence-electron chi connectivity index (χ2n) is 4.77. The highest BCUT2D eigenvalue weighted by Gasteiger charge is 2.15. The first-order valence-electron chi connectivity index (χ1n) is 6.47. The van der Waals surface area contributed by atoms with Crippen molar-refractivity contribution < 1.29 is 4.74 Å². The highest BCUT2D eigenvalue weighted by atomic mass is 35.5. The third-order valence-electron chi connectivity index (χ3n) is 3.38. The van der Waals surface area contributed by atoms with E-state index in [9.17, 15) is 0 Å². The molecular formula is C14H19Cl2NO. The summed E-state index contributed by atoms with van der Waals surface area (Å²) in [7, 11) is 0. The van der Waals surface area contributed by atoms with Gasteiger partial charge in [-0.15, -0.1) is 0 Å². The van der Waals surface area contributed by atoms with Crippen molar-refractivity contribution in [3.8, 4) is 0 Å². The molecule has 2 nitrogen and oxygen atoms in total. The van der Waals surface area contributed by atoms with Crippen molar-refractivity contribution in [2.45, 2.75) is 38.3 Å². The van der Waals surface area contributed by atoms with Gasteiger partial charge in [0, 0.05) is 12.6 Å². The number of ether oxygens (including phenoxy) is 1. The van der Waals surface area contributed by atoms with Crippen molar-refractivity contribution >= 4 is 23.2 Å². The van der Waals surface area contributed by atoms with Gasteiger partial charge in [0.25, 0.3) is 0 Å². The molecule has 0 bridgehead atoms. The molecule has 1 aromatic rings. The summed E-state index contributed by atoms with van der Waals surface area (Å²) in [4.78, 5) is 0. The number of benzene rings is 1. The van der Waals surface area contributed by atoms with E-state index >= 15 is 0 Å². The van der Waals surface area contributed by atoms with Crippen LogP contribution in [0, 0.1) is 0 Å². The molecule has 0 aliphatic carbocycles. The van der Waals surface area contributed by atoms with Crippen LogP contribution in [0.3, 0.4) is 0 Å². The Kier molecular flexibility index (Phi) is 5.31. The number of hydrogen-bond acceptors (Lipinski definition) is 2. The lowest BCUT2D eigenvalue weighted by Gasteiger charge is -2.16. The van der Waals surface area contributed by atoms with Crippen LogP contribution < -0.4 is 5.32 Å². The first-order valence-corrected chi connectivity index (χ1v) is 7.22. The summed E-state index contributed by atoms with van der Waals surface area (Å²) in [6.45, 7) is 4.02. The quantitative estimate of drug-likeness (QED) is 0.876. The van der Waals surface area contributed by atoms with E-state index < -0.39 is 0 Å². The standard InChI is InChI=1S/C14H19Cl2NO/c1-10(11-4-5-13(15)14(16)9-11)17-7-6-12-3-2-8-18-12/h4-5,9-10,12,17H,2-3,6-8H2,1H3. The molecule has 0 aromatic heterocycles. The first kappa shape index (κ1) is 14.1. The smallest absolute Gasteiger partial charge is 0.0595 e. The molecule has 18 heavy (non-hydrogen) atoms. The molecule has 0 radical (unpaired) electrons. The molecular weight excluding hydrogens is 269 g/mol. The molecule has 1 aliphatic rings. The molecule has 0 spiro atoms. The molecule has 0 amide bonds. The Morgan fingerprint density at radius 2 is 2.22 bits per heavy atom. The van der Waals surface area contributed by atoms with Crippen LogP contribution in [0.25, 0.3) is 0 Å². The average Bonchev–Trinajstić information content (AvgIpc) is 2.85. The Morgan fingerprint density at radius 1 is 1.39 bits per heavy atom. The van der Waals surface area contributed by atoms with Gasteiger partial charge in [0.05, 0.1) is 16.1 Å². The third kappa shape index (κ3) is 3.86. The molecule has 1 saturated heterocycles. The van der Waals surface area contributed by atoms with Gasteiger partial charge >= 0.3 is 0 Å². The fraction of sp³-hybridized carbons (Fsp3) is 0.571. The largest absolute Gasteiger partial charge is 0.378 e. The lowest BCUT2D eigenvalue weighted by molar-refractivity contribution is 0.103. The zero-order chi connectivity index (χ0) is 13.0. The SMILES string of the molecule is CC(NCCC1CCCO1)c1ccc(Cl)c(Cl)c1. The average molecular weight is 288 g/mol. The normalized spacial score (nSPS) is 21.2. The first-order chi connectivity index (χ1) is 8.66. The van der Waals surface area contributed by atoms with Crippen LogP contribution in [0.1, 0.15) is 37.8 Å². The van der Waals surface area contributed by atoms with Crippen LogP contribution in [0.5, 0.6) is 0 Å². The lowest BCUT2D eigenvalue weighted by Crippen LogP contribution is -2.23. The van der Waals surface area contributed by atoms with Gasteiger partial charge < -0.3 is 10.1 Å². The number of nitrogens with one attached hydrogen (secondary N) is 1. The predicted molar refractivity (Wildman–Crippen MR) is 76.5 cm³/mol. The molecule has 1 heterocycles. The van der Waals surface area contributed by atoms with E-state index in [2.05, 4.69) is 12.2 Å². The van der Waals surface area contributed by atoms with E-state index in [1.807, 2.05) is 18.2 Å². The maximum atomic E-state index is 6.02. The molecule has 1 N–H and O–H groups in total. The minimum atomic E-state index is 0.279. The van der Waals surface area contributed by atoms with E-state index in [-0.39, 0.29) is 6.04 Å². The lowest BCUT2D eigenvalue weighted by atomic mass is 10.1. The van der Waals surface area contributed by atoms with Crippen LogP contribution in [0.15, 0.2) is 18.2 Å². The van der Waals surface area contributed by atoms with Crippen LogP contribution in [0.4, 0.5) is 0 Å². The predicted octanol–water partition coefficient (Wildman–Crippen LogP) is 4.21. The summed E-state index contributed by atoms with van der Waals surface area (Å²) < 4.78 is 5.60. The third-order valence-corrected chi connectivity index (χ3v) is 4.12. The fourth-order valence-electron chi connectivity index (χ4n) is 2.23. The van der Waals surface area contributed by atoms with Gasteiger partial charge in [-0.2, -0.15) is 0 Å². The number of rotatable bonds is 5. The Bertz CT molecular complexity index is 391. The zero-order valence-electron chi connectivity index (χ0n) is 10.6. The van der Waals surface area contributed by atoms with Gasteiger partial charge in [-0.3, -0.25) is 0 Å². The van der Waals surface area contributed by atoms with Gasteiger partial charge in [0.15, 0.2) is 0 Å². The van der Waals surface area contributed by atoms with Crippen molar-refractivity contribution in [3.63, 3.8) is 0 Å². The zero-order valence-corrected chi connectivity index (χ0v) is 12.1. The van der Waals surface area contributed by atoms with E-state index in [4.69, 9.17) is 27.9 Å². The van der Waals surface area contributed by atoms with Gasteiger partial charge in [0.2, 0.25) is 0 Å². The summed E-state index contributed by atoms with van der Waals surface area (Å²) in [6, 6.07) is 6.06. The molecule has 1 aliphatic heterocycles. The Hall–Kier alpha value is -0.280. The summed E-state index contributed by atoms with van der Waals surface area (Å²) in [5.41, 5.74) is 1.16. The minimum absolute atomic E-state index is 0.279. The highest BCUT2D eigenvalue weighted by molar-refractivity contribution is 6.42. The second-order valence-corrected chi connectivity index (χ2v) is 5.59. The summed E-state index contributed by atoms with van der Waals surface area (Å²) in [6.07, 6.45) is 3.92. The van der Waals surface area contributed by atoms with Crippen LogP contribution in [-0.4, -0.2) is 19.3 Å². The van der Waals surface area contributed by atoms with Gasteiger partial charge in [-0.05, 0) is 50.4 Å². The monoisotopic (exact) mass is 287 g/mol. The van der Waals surface area contributed by atoms with Crippen molar-refractivity contribution in [1.82, 2.24) is 5.32 Å². The second kappa shape index (κ2) is 6.76. The Labute approximate surface area is 119 Å². The molecule has 1 aromatic carbocycles. The van der Waals surface area contributed by atoms with E-state index in [0.29, 0.717) is 16.1 Å². The highest BCUT2D eigenvalue weighted by Crippen LogP contribution is 2.25. The number of hydrogen-bond donors (Lipinski definition) is 1. The van der Waals surface area contributed by atoms with Crippen LogP contribution >= 0.6 is 23.2 Å². The Morgan fingerprint density at radius 3 is 2.89 bits per heavy atom. The minimum Gasteiger partial charge on any atom is -0.378 e. The molecule has 4 heteroatoms. The maximum Gasteiger partial charge on any atom is 0.0595 e. The van der Waals surface area contributed by atoms with Gasteiger partial charge in [-0.25, -0.2) is 0 Å². The van der Waals surface area contributed by atoms with Crippen molar-refractivity contribution in [2.75, 3.05) is 13.2 Å². The molecule has 0 saturated carbocycles. The Balaban J connectivity index is 1.79. The molecule has 100 valence electrons. The van der Waals surface area contributed by atoms with E-state index in [1.54, 1.807) is 0 Å². The van der Waals surface area contributed by atoms with Crippen molar-refractivity contribution in [2.24, 2.45) is 0 Å². The molecule has 2 unspecified atom stereocenters. The summed E-state index contributed by atoms with van der Waals surface area (Å²) in [5, 5.41) is 4.71. The van der Waals surface area contributed by atoms with Crippen LogP contribution in [-0.2, 0) is 4.74 Å². The summed E-state index contributed by atoms with van der Waals surface area (Å²) >= 11 is 11.9. The maximum absolute atomic E-state index is 6.02. The summed E-state index contributed by atoms with van der Waals surface area (Å²) in [5.74, 6) is 0.